The highest BCUT2D eigenvalue weighted by Gasteiger charge is 2.25. The molecule has 7 nitrogen and oxygen atoms in total. The summed E-state index contributed by atoms with van der Waals surface area (Å²) in [7, 11) is 0. The van der Waals surface area contributed by atoms with E-state index in [0.717, 1.165) is 41.7 Å². The van der Waals surface area contributed by atoms with Crippen molar-refractivity contribution in [2.24, 2.45) is 0 Å². The lowest BCUT2D eigenvalue weighted by molar-refractivity contribution is 0.0750. The van der Waals surface area contributed by atoms with Crippen molar-refractivity contribution in [3.8, 4) is 0 Å². The number of hydrogen-bond donors (Lipinski definition) is 1. The number of thiazole rings is 1. The number of rotatable bonds is 4. The molecule has 8 heteroatoms. The van der Waals surface area contributed by atoms with Crippen LogP contribution in [0.3, 0.4) is 0 Å². The minimum Gasteiger partial charge on any atom is -0.354 e. The fourth-order valence-electron chi connectivity index (χ4n) is 2.74. The number of piperazine rings is 1. The molecule has 3 rings (SSSR count). The fraction of sp³-hybridized carbons (Fsp3) is 0.500. The van der Waals surface area contributed by atoms with E-state index < -0.39 is 0 Å². The Balaban J connectivity index is 1.67. The SMILES string of the molecule is CCNc1nc(C)cc(N2CCN(C(=O)c3scnc3C)CC2)n1. The largest absolute Gasteiger partial charge is 0.354 e. The van der Waals surface area contributed by atoms with Crippen molar-refractivity contribution in [1.29, 1.82) is 0 Å². The second-order valence-corrected chi connectivity index (χ2v) is 6.62. The molecule has 0 radical (unpaired) electrons. The van der Waals surface area contributed by atoms with E-state index in [1.807, 2.05) is 31.7 Å². The summed E-state index contributed by atoms with van der Waals surface area (Å²) < 4.78 is 0. The molecular weight excluding hydrogens is 324 g/mol. The van der Waals surface area contributed by atoms with Crippen LogP contribution >= 0.6 is 11.3 Å². The average Bonchev–Trinajstić information content (AvgIpc) is 3.00. The molecule has 0 unspecified atom stereocenters. The first-order valence-corrected chi connectivity index (χ1v) is 9.00. The first-order valence-electron chi connectivity index (χ1n) is 8.12. The number of carbonyl (C=O) groups is 1. The molecule has 1 aliphatic rings. The summed E-state index contributed by atoms with van der Waals surface area (Å²) in [4.78, 5) is 30.5. The van der Waals surface area contributed by atoms with Gasteiger partial charge in [-0.2, -0.15) is 4.98 Å². The lowest BCUT2D eigenvalue weighted by Gasteiger charge is -2.35. The summed E-state index contributed by atoms with van der Waals surface area (Å²) in [6.07, 6.45) is 0. The predicted molar refractivity (Wildman–Crippen MR) is 95.9 cm³/mol. The third-order valence-electron chi connectivity index (χ3n) is 4.01. The summed E-state index contributed by atoms with van der Waals surface area (Å²) >= 11 is 1.41. The molecule has 0 aliphatic carbocycles. The zero-order valence-corrected chi connectivity index (χ0v) is 15.1. The molecule has 1 N–H and O–H groups in total. The van der Waals surface area contributed by atoms with Crippen LogP contribution in [0, 0.1) is 13.8 Å². The zero-order valence-electron chi connectivity index (χ0n) is 14.2. The maximum absolute atomic E-state index is 12.6. The van der Waals surface area contributed by atoms with E-state index >= 15 is 0 Å². The molecule has 0 atom stereocenters. The molecule has 0 saturated carbocycles. The lowest BCUT2D eigenvalue weighted by Crippen LogP contribution is -2.49. The van der Waals surface area contributed by atoms with Gasteiger partial charge in [0, 0.05) is 44.5 Å². The number of amides is 1. The van der Waals surface area contributed by atoms with Crippen LogP contribution in [0.5, 0.6) is 0 Å². The number of aromatic nitrogens is 3. The maximum Gasteiger partial charge on any atom is 0.265 e. The Morgan fingerprint density at radius 2 is 2.00 bits per heavy atom. The first-order chi connectivity index (χ1) is 11.6. The summed E-state index contributed by atoms with van der Waals surface area (Å²) in [5, 5.41) is 3.16. The summed E-state index contributed by atoms with van der Waals surface area (Å²) in [5.74, 6) is 1.66. The summed E-state index contributed by atoms with van der Waals surface area (Å²) in [5.41, 5.74) is 3.48. The highest BCUT2D eigenvalue weighted by molar-refractivity contribution is 7.11. The van der Waals surface area contributed by atoms with Crippen LogP contribution in [0.1, 0.15) is 28.0 Å². The summed E-state index contributed by atoms with van der Waals surface area (Å²) in [6, 6.07) is 1.99. The van der Waals surface area contributed by atoms with E-state index in [0.29, 0.717) is 19.0 Å². The molecular formula is C16H22N6OS. The number of anilines is 2. The molecule has 24 heavy (non-hydrogen) atoms. The van der Waals surface area contributed by atoms with Gasteiger partial charge < -0.3 is 15.1 Å². The Hall–Kier alpha value is -2.22. The minimum absolute atomic E-state index is 0.0851. The van der Waals surface area contributed by atoms with Gasteiger partial charge in [0.1, 0.15) is 10.7 Å². The Labute approximate surface area is 145 Å². The molecule has 1 saturated heterocycles. The van der Waals surface area contributed by atoms with Crippen LogP contribution in [0.2, 0.25) is 0 Å². The van der Waals surface area contributed by atoms with Crippen molar-refractivity contribution in [2.45, 2.75) is 20.8 Å². The van der Waals surface area contributed by atoms with Crippen LogP contribution < -0.4 is 10.2 Å². The average molecular weight is 346 g/mol. The second kappa shape index (κ2) is 7.12. The van der Waals surface area contributed by atoms with Crippen LogP contribution in [-0.2, 0) is 0 Å². The molecule has 1 aliphatic heterocycles. The van der Waals surface area contributed by atoms with Gasteiger partial charge in [0.05, 0.1) is 11.2 Å². The molecule has 0 bridgehead atoms. The third-order valence-corrected chi connectivity index (χ3v) is 4.92. The van der Waals surface area contributed by atoms with Gasteiger partial charge in [-0.25, -0.2) is 9.97 Å². The number of hydrogen-bond acceptors (Lipinski definition) is 7. The van der Waals surface area contributed by atoms with E-state index in [2.05, 4.69) is 25.2 Å². The van der Waals surface area contributed by atoms with Crippen molar-refractivity contribution in [3.63, 3.8) is 0 Å². The van der Waals surface area contributed by atoms with Gasteiger partial charge in [0.15, 0.2) is 0 Å². The Morgan fingerprint density at radius 3 is 2.62 bits per heavy atom. The molecule has 128 valence electrons. The smallest absolute Gasteiger partial charge is 0.265 e. The van der Waals surface area contributed by atoms with Crippen LogP contribution in [0.4, 0.5) is 11.8 Å². The van der Waals surface area contributed by atoms with Crippen molar-refractivity contribution >= 4 is 29.0 Å². The standard InChI is InChI=1S/C16H22N6OS/c1-4-17-16-19-11(2)9-13(20-16)21-5-7-22(8-6-21)15(23)14-12(3)18-10-24-14/h9-10H,4-8H2,1-3H3,(H,17,19,20). The summed E-state index contributed by atoms with van der Waals surface area (Å²) in [6.45, 7) is 9.59. The van der Waals surface area contributed by atoms with Gasteiger partial charge in [0.2, 0.25) is 5.95 Å². The number of carbonyl (C=O) groups excluding carboxylic acids is 1. The van der Waals surface area contributed by atoms with E-state index in [4.69, 9.17) is 0 Å². The van der Waals surface area contributed by atoms with E-state index in [1.54, 1.807) is 5.51 Å². The highest BCUT2D eigenvalue weighted by atomic mass is 32.1. The molecule has 2 aromatic heterocycles. The van der Waals surface area contributed by atoms with Gasteiger partial charge in [-0.1, -0.05) is 0 Å². The number of nitrogens with one attached hydrogen (secondary N) is 1. The quantitative estimate of drug-likeness (QED) is 0.912. The van der Waals surface area contributed by atoms with Gasteiger partial charge in [-0.05, 0) is 20.8 Å². The highest BCUT2D eigenvalue weighted by Crippen LogP contribution is 2.20. The first kappa shape index (κ1) is 16.6. The van der Waals surface area contributed by atoms with Gasteiger partial charge in [-0.3, -0.25) is 4.79 Å². The molecule has 3 heterocycles. The van der Waals surface area contributed by atoms with Gasteiger partial charge in [0.25, 0.3) is 5.91 Å². The Morgan fingerprint density at radius 1 is 1.25 bits per heavy atom. The van der Waals surface area contributed by atoms with Crippen molar-refractivity contribution in [1.82, 2.24) is 19.9 Å². The molecule has 2 aromatic rings. The normalized spacial score (nSPS) is 14.8. The van der Waals surface area contributed by atoms with Gasteiger partial charge >= 0.3 is 0 Å². The number of nitrogens with zero attached hydrogens (tertiary/aromatic N) is 5. The van der Waals surface area contributed by atoms with Crippen LogP contribution in [0.15, 0.2) is 11.6 Å². The number of aryl methyl sites for hydroxylation is 2. The van der Waals surface area contributed by atoms with E-state index in [1.165, 1.54) is 11.3 Å². The predicted octanol–water partition coefficient (Wildman–Crippen LogP) is 1.94. The monoisotopic (exact) mass is 346 g/mol. The van der Waals surface area contributed by atoms with E-state index in [9.17, 15) is 4.79 Å². The topological polar surface area (TPSA) is 74.2 Å². The minimum atomic E-state index is 0.0851. The zero-order chi connectivity index (χ0) is 17.1. The molecule has 1 fully saturated rings. The molecule has 0 aromatic carbocycles. The van der Waals surface area contributed by atoms with Crippen molar-refractivity contribution in [2.75, 3.05) is 42.9 Å². The Bertz CT molecular complexity index is 723. The molecule has 0 spiro atoms. The lowest BCUT2D eigenvalue weighted by atomic mass is 10.2. The van der Waals surface area contributed by atoms with Gasteiger partial charge in [-0.15, -0.1) is 11.3 Å². The van der Waals surface area contributed by atoms with Crippen molar-refractivity contribution < 1.29 is 4.79 Å². The third kappa shape index (κ3) is 3.48. The fourth-order valence-corrected chi connectivity index (χ4v) is 3.51. The van der Waals surface area contributed by atoms with E-state index in [-0.39, 0.29) is 5.91 Å². The second-order valence-electron chi connectivity index (χ2n) is 5.77. The van der Waals surface area contributed by atoms with Crippen molar-refractivity contribution in [3.05, 3.63) is 27.8 Å². The van der Waals surface area contributed by atoms with Crippen LogP contribution in [-0.4, -0.2) is 58.5 Å². The Kier molecular flexibility index (Phi) is 4.94. The molecule has 1 amide bonds. The van der Waals surface area contributed by atoms with Crippen LogP contribution in [0.25, 0.3) is 0 Å². The maximum atomic E-state index is 12.6.